The Balaban J connectivity index is 1.61. The van der Waals surface area contributed by atoms with E-state index in [4.69, 9.17) is 15.2 Å². The highest BCUT2D eigenvalue weighted by molar-refractivity contribution is 14.1. The molecule has 3 heterocycles. The molecule has 2 aromatic heterocycles. The number of nitrogens with two attached hydrogens (primary N) is 1. The van der Waals surface area contributed by atoms with Gasteiger partial charge < -0.3 is 25.4 Å². The van der Waals surface area contributed by atoms with Crippen LogP contribution in [0, 0.1) is 3.57 Å². The van der Waals surface area contributed by atoms with E-state index in [2.05, 4.69) is 37.5 Å². The molecule has 0 spiro atoms. The highest BCUT2D eigenvalue weighted by Gasteiger charge is 2.35. The molecule has 27 heavy (non-hydrogen) atoms. The van der Waals surface area contributed by atoms with Crippen molar-refractivity contribution in [3.05, 3.63) is 39.7 Å². The van der Waals surface area contributed by atoms with E-state index in [0.717, 1.165) is 9.13 Å². The van der Waals surface area contributed by atoms with Crippen LogP contribution in [0.25, 0.3) is 11.2 Å². The fraction of sp³-hybridized carbons (Fsp3) is 0.353. The summed E-state index contributed by atoms with van der Waals surface area (Å²) in [6.45, 7) is 0.0619. The van der Waals surface area contributed by atoms with Crippen molar-refractivity contribution in [1.82, 2.24) is 19.5 Å². The summed E-state index contributed by atoms with van der Waals surface area (Å²) in [5.74, 6) is 0.339. The lowest BCUT2D eigenvalue weighted by Gasteiger charge is -2.14. The lowest BCUT2D eigenvalue weighted by molar-refractivity contribution is -0.0432. The van der Waals surface area contributed by atoms with Crippen LogP contribution in [0.1, 0.15) is 18.2 Å². The van der Waals surface area contributed by atoms with Gasteiger partial charge in [-0.15, -0.1) is 0 Å². The zero-order chi connectivity index (χ0) is 19.0. The number of nitrogen functional groups attached to an aromatic ring is 1. The average Bonchev–Trinajstić information content (AvgIpc) is 3.24. The van der Waals surface area contributed by atoms with Gasteiger partial charge in [-0.1, -0.05) is 12.1 Å². The number of halogens is 1. The maximum Gasteiger partial charge on any atom is 0.247 e. The summed E-state index contributed by atoms with van der Waals surface area (Å²) < 4.78 is 14.3. The maximum atomic E-state index is 9.97. The number of fused-ring (bicyclic) bond motifs is 1. The first-order chi connectivity index (χ1) is 13.0. The third-order valence-corrected chi connectivity index (χ3v) is 5.11. The molecule has 1 aliphatic heterocycles. The minimum atomic E-state index is -0.756. The van der Waals surface area contributed by atoms with Gasteiger partial charge in [0, 0.05) is 9.99 Å². The second-order valence-electron chi connectivity index (χ2n) is 6.24. The molecule has 3 atom stereocenters. The summed E-state index contributed by atoms with van der Waals surface area (Å²) >= 11 is 2.24. The number of nitrogens with zero attached hydrogens (tertiary/aromatic N) is 4. The number of rotatable bonds is 5. The SMILES string of the molecule is Nc1nc(OCc2ccc([125I])cc2)c2ncn([C@H]3C[C@H](O)[C@@H](CO)O3)c2n1. The number of hydrogen-bond donors (Lipinski definition) is 3. The van der Waals surface area contributed by atoms with E-state index in [0.29, 0.717) is 24.2 Å². The summed E-state index contributed by atoms with van der Waals surface area (Å²) in [6.07, 6.45) is -0.0235. The van der Waals surface area contributed by atoms with E-state index in [1.807, 2.05) is 24.3 Å². The number of aliphatic hydroxyl groups excluding tert-OH is 2. The van der Waals surface area contributed by atoms with Crippen LogP contribution in [0.2, 0.25) is 0 Å². The van der Waals surface area contributed by atoms with Gasteiger partial charge in [-0.05, 0) is 40.3 Å². The van der Waals surface area contributed by atoms with Gasteiger partial charge in [0.25, 0.3) is 0 Å². The molecule has 0 saturated carbocycles. The number of benzene rings is 1. The van der Waals surface area contributed by atoms with Crippen LogP contribution in [0.15, 0.2) is 30.6 Å². The molecule has 0 amide bonds. The molecule has 10 heteroatoms. The molecule has 0 unspecified atom stereocenters. The predicted molar refractivity (Wildman–Crippen MR) is 105 cm³/mol. The Labute approximate surface area is 168 Å². The van der Waals surface area contributed by atoms with Crippen molar-refractivity contribution in [3.8, 4) is 5.88 Å². The van der Waals surface area contributed by atoms with Crippen molar-refractivity contribution in [2.75, 3.05) is 12.3 Å². The van der Waals surface area contributed by atoms with Crippen LogP contribution < -0.4 is 10.5 Å². The van der Waals surface area contributed by atoms with Crippen molar-refractivity contribution < 1.29 is 19.7 Å². The molecule has 4 rings (SSSR count). The van der Waals surface area contributed by atoms with Crippen LogP contribution in [-0.2, 0) is 11.3 Å². The van der Waals surface area contributed by atoms with Crippen molar-refractivity contribution in [3.63, 3.8) is 0 Å². The first kappa shape index (κ1) is 18.3. The molecule has 0 aliphatic carbocycles. The summed E-state index contributed by atoms with van der Waals surface area (Å²) in [4.78, 5) is 12.7. The first-order valence-electron chi connectivity index (χ1n) is 8.37. The number of imidazole rings is 1. The van der Waals surface area contributed by atoms with Gasteiger partial charge in [-0.2, -0.15) is 9.97 Å². The molecule has 142 valence electrons. The van der Waals surface area contributed by atoms with Gasteiger partial charge in [0.05, 0.1) is 19.0 Å². The Morgan fingerprint density at radius 1 is 1.30 bits per heavy atom. The highest BCUT2D eigenvalue weighted by atomic mass is 125. The number of anilines is 1. The van der Waals surface area contributed by atoms with E-state index in [9.17, 15) is 10.2 Å². The van der Waals surface area contributed by atoms with E-state index in [1.165, 1.54) is 0 Å². The molecule has 3 aromatic rings. The highest BCUT2D eigenvalue weighted by Crippen LogP contribution is 2.32. The number of aliphatic hydroxyl groups is 2. The summed E-state index contributed by atoms with van der Waals surface area (Å²) in [5.41, 5.74) is 7.75. The molecule has 0 radical (unpaired) electrons. The third kappa shape index (κ3) is 3.70. The molecule has 1 saturated heterocycles. The maximum absolute atomic E-state index is 9.97. The first-order valence-corrected chi connectivity index (χ1v) is 9.44. The van der Waals surface area contributed by atoms with E-state index in [1.54, 1.807) is 10.9 Å². The fourth-order valence-corrected chi connectivity index (χ4v) is 3.36. The monoisotopic (exact) mass is 481 g/mol. The Morgan fingerprint density at radius 2 is 2.07 bits per heavy atom. The minimum absolute atomic E-state index is 0.0547. The summed E-state index contributed by atoms with van der Waals surface area (Å²) in [6, 6.07) is 7.95. The lowest BCUT2D eigenvalue weighted by Crippen LogP contribution is -2.24. The molecule has 1 fully saturated rings. The number of ether oxygens (including phenoxy) is 2. The molecule has 4 N–H and O–H groups in total. The zero-order valence-corrected chi connectivity index (χ0v) is 16.4. The van der Waals surface area contributed by atoms with Crippen molar-refractivity contribution in [2.45, 2.75) is 31.5 Å². The van der Waals surface area contributed by atoms with Crippen LogP contribution in [-0.4, -0.2) is 48.5 Å². The van der Waals surface area contributed by atoms with Gasteiger partial charge in [0.15, 0.2) is 11.2 Å². The molecule has 1 aliphatic rings. The number of hydrogen-bond acceptors (Lipinski definition) is 8. The van der Waals surface area contributed by atoms with Crippen molar-refractivity contribution in [2.24, 2.45) is 0 Å². The second kappa shape index (κ2) is 7.54. The smallest absolute Gasteiger partial charge is 0.247 e. The van der Waals surface area contributed by atoms with Gasteiger partial charge in [0.2, 0.25) is 11.8 Å². The van der Waals surface area contributed by atoms with E-state index < -0.39 is 18.4 Å². The normalized spacial score (nSPS) is 22.4. The van der Waals surface area contributed by atoms with Crippen molar-refractivity contribution >= 4 is 39.7 Å². The number of aromatic nitrogens is 4. The largest absolute Gasteiger partial charge is 0.471 e. The second-order valence-corrected chi connectivity index (χ2v) is 7.49. The fourth-order valence-electron chi connectivity index (χ4n) is 3.00. The Morgan fingerprint density at radius 3 is 2.78 bits per heavy atom. The molecule has 0 bridgehead atoms. The Hall–Kier alpha value is -2.02. The van der Waals surface area contributed by atoms with Crippen molar-refractivity contribution in [1.29, 1.82) is 0 Å². The summed E-state index contributed by atoms with van der Waals surface area (Å²) in [7, 11) is 0. The standard InChI is InChI=1S/C17H18IN5O4/c18-10-3-1-9(2-4-10)7-26-16-14-15(21-17(19)22-16)23(8-20-14)13-5-11(25)12(6-24)27-13/h1-4,8,11-13,24-25H,5-7H2,(H2,19,21,22)/t11-,12+,13+/m0/s1/i18-2. The van der Waals surface area contributed by atoms with Crippen LogP contribution in [0.5, 0.6) is 5.88 Å². The zero-order valence-electron chi connectivity index (χ0n) is 14.2. The van der Waals surface area contributed by atoms with Gasteiger partial charge in [-0.25, -0.2) is 4.98 Å². The van der Waals surface area contributed by atoms with Crippen LogP contribution >= 0.6 is 22.6 Å². The van der Waals surface area contributed by atoms with Gasteiger partial charge in [0.1, 0.15) is 18.9 Å². The van der Waals surface area contributed by atoms with Gasteiger partial charge >= 0.3 is 0 Å². The van der Waals surface area contributed by atoms with E-state index >= 15 is 0 Å². The Kier molecular flexibility index (Phi) is 5.12. The molecular weight excluding hydrogens is 463 g/mol. The van der Waals surface area contributed by atoms with Gasteiger partial charge in [-0.3, -0.25) is 4.57 Å². The minimum Gasteiger partial charge on any atom is -0.471 e. The lowest BCUT2D eigenvalue weighted by atomic mass is 10.2. The third-order valence-electron chi connectivity index (χ3n) is 4.39. The quantitative estimate of drug-likeness (QED) is 0.465. The van der Waals surface area contributed by atoms with Crippen LogP contribution in [0.4, 0.5) is 5.95 Å². The summed E-state index contributed by atoms with van der Waals surface area (Å²) in [5, 5.41) is 19.2. The molecule has 1 aromatic carbocycles. The molecule has 9 nitrogen and oxygen atoms in total. The average molecular weight is 481 g/mol. The Bertz CT molecular complexity index is 948. The van der Waals surface area contributed by atoms with Crippen LogP contribution in [0.3, 0.4) is 0 Å². The topological polar surface area (TPSA) is 129 Å². The molecular formula is C17H18IN5O4. The van der Waals surface area contributed by atoms with E-state index in [-0.39, 0.29) is 18.4 Å². The predicted octanol–water partition coefficient (Wildman–Crippen LogP) is 1.23.